The normalized spacial score (nSPS) is 13.9. The van der Waals surface area contributed by atoms with Gasteiger partial charge in [0.15, 0.2) is 0 Å². The van der Waals surface area contributed by atoms with Gasteiger partial charge in [0.2, 0.25) is 0 Å². The lowest BCUT2D eigenvalue weighted by Gasteiger charge is -2.25. The molecule has 0 aromatic carbocycles. The number of hydrogen-bond acceptors (Lipinski definition) is 5. The molecule has 0 aliphatic carbocycles. The van der Waals surface area contributed by atoms with Crippen molar-refractivity contribution in [2.45, 2.75) is 59.4 Å². The molecule has 7 heteroatoms. The second kappa shape index (κ2) is 8.96. The van der Waals surface area contributed by atoms with E-state index in [1.807, 2.05) is 0 Å². The van der Waals surface area contributed by atoms with Gasteiger partial charge in [-0.2, -0.15) is 0 Å². The van der Waals surface area contributed by atoms with Crippen molar-refractivity contribution in [2.24, 2.45) is 0 Å². The van der Waals surface area contributed by atoms with E-state index in [4.69, 9.17) is 25.4 Å². The Kier molecular flexibility index (Phi) is 8.92. The van der Waals surface area contributed by atoms with E-state index in [9.17, 15) is 9.36 Å². The lowest BCUT2D eigenvalue weighted by molar-refractivity contribution is -0.146. The maximum atomic E-state index is 12.5. The quantitative estimate of drug-likeness (QED) is 0.370. The van der Waals surface area contributed by atoms with Crippen molar-refractivity contribution in [3.05, 3.63) is 0 Å². The minimum Gasteiger partial charge on any atom is -0.462 e. The van der Waals surface area contributed by atoms with Crippen LogP contribution >= 0.6 is 19.2 Å². The van der Waals surface area contributed by atoms with E-state index in [0.717, 1.165) is 0 Å². The molecular weight excluding hydrogens is 291 g/mol. The predicted octanol–water partition coefficient (Wildman–Crippen LogP) is 3.59. The molecule has 0 aliphatic rings. The van der Waals surface area contributed by atoms with E-state index >= 15 is 0 Å². The zero-order valence-electron chi connectivity index (χ0n) is 12.2. The van der Waals surface area contributed by atoms with Gasteiger partial charge in [0.05, 0.1) is 24.8 Å². The van der Waals surface area contributed by atoms with E-state index < -0.39 is 19.7 Å². The van der Waals surface area contributed by atoms with Crippen LogP contribution in [-0.2, 0) is 23.1 Å². The van der Waals surface area contributed by atoms with Crippen molar-refractivity contribution in [3.63, 3.8) is 0 Å². The minimum atomic E-state index is -3.27. The lowest BCUT2D eigenvalue weighted by atomic mass is 10.4. The smallest absolute Gasteiger partial charge is 0.334 e. The molecule has 0 amide bonds. The summed E-state index contributed by atoms with van der Waals surface area (Å²) >= 11 is 5.45. The van der Waals surface area contributed by atoms with Crippen LogP contribution in [-0.4, -0.2) is 36.3 Å². The molecular formula is C12H24ClO5P. The summed E-state index contributed by atoms with van der Waals surface area (Å²) in [5.41, 5.74) is 0. The van der Waals surface area contributed by atoms with Gasteiger partial charge < -0.3 is 13.8 Å². The highest BCUT2D eigenvalue weighted by Gasteiger charge is 2.31. The van der Waals surface area contributed by atoms with Gasteiger partial charge >= 0.3 is 13.6 Å². The van der Waals surface area contributed by atoms with Gasteiger partial charge in [-0.1, -0.05) is 0 Å². The minimum absolute atomic E-state index is 0.0391. The van der Waals surface area contributed by atoms with Gasteiger partial charge in [0, 0.05) is 5.88 Å². The summed E-state index contributed by atoms with van der Waals surface area (Å²) in [5.74, 6) is -0.211. The summed E-state index contributed by atoms with van der Waals surface area (Å²) in [5, 5.41) is 0. The third kappa shape index (κ3) is 9.44. The van der Waals surface area contributed by atoms with E-state index in [1.165, 1.54) is 0 Å². The van der Waals surface area contributed by atoms with Crippen LogP contribution in [0.3, 0.4) is 0 Å². The Morgan fingerprint density at radius 2 is 1.58 bits per heavy atom. The zero-order chi connectivity index (χ0) is 15.1. The van der Waals surface area contributed by atoms with E-state index in [-0.39, 0.29) is 30.7 Å². The highest BCUT2D eigenvalue weighted by molar-refractivity contribution is 7.53. The van der Waals surface area contributed by atoms with Crippen LogP contribution in [0.4, 0.5) is 0 Å². The first-order chi connectivity index (χ1) is 8.68. The highest BCUT2D eigenvalue weighted by Crippen LogP contribution is 2.51. The van der Waals surface area contributed by atoms with Gasteiger partial charge in [0.25, 0.3) is 0 Å². The first-order valence-corrected chi connectivity index (χ1v) is 8.66. The summed E-state index contributed by atoms with van der Waals surface area (Å²) < 4.78 is 28.4. The Bertz CT molecular complexity index is 305. The molecule has 114 valence electrons. The van der Waals surface area contributed by atoms with Crippen LogP contribution in [0.15, 0.2) is 0 Å². The van der Waals surface area contributed by atoms with Gasteiger partial charge in [-0.3, -0.25) is 9.36 Å². The molecule has 0 aromatic heterocycles. The molecule has 1 atom stereocenters. The lowest BCUT2D eigenvalue weighted by Crippen LogP contribution is -2.22. The van der Waals surface area contributed by atoms with Crippen LogP contribution in [0.5, 0.6) is 0 Å². The second-order valence-electron chi connectivity index (χ2n) is 4.84. The van der Waals surface area contributed by atoms with Gasteiger partial charge in [0.1, 0.15) is 6.10 Å². The van der Waals surface area contributed by atoms with Crippen LogP contribution in [0.1, 0.15) is 41.0 Å². The molecule has 19 heavy (non-hydrogen) atoms. The molecule has 0 spiro atoms. The van der Waals surface area contributed by atoms with Crippen molar-refractivity contribution in [1.82, 2.24) is 0 Å². The maximum Gasteiger partial charge on any atom is 0.334 e. The standard InChI is InChI=1S/C12H24ClO5P/c1-9(2)17-19(15,18-10(3)4)8-11(5)16-12(14)6-7-13/h9-11H,6-8H2,1-5H3/t11-/m0/s1. The monoisotopic (exact) mass is 314 g/mol. The number of alkyl halides is 1. The number of ether oxygens (including phenoxy) is 1. The Morgan fingerprint density at radius 1 is 1.11 bits per heavy atom. The SMILES string of the molecule is CC(C)OP(=O)(C[C@H](C)OC(=O)CCCl)OC(C)C. The highest BCUT2D eigenvalue weighted by atomic mass is 35.5. The van der Waals surface area contributed by atoms with Crippen molar-refractivity contribution < 1.29 is 23.1 Å². The summed E-state index contributed by atoms with van der Waals surface area (Å²) in [6, 6.07) is 0. The number of halogens is 1. The molecule has 0 rings (SSSR count). The molecule has 0 saturated carbocycles. The molecule has 5 nitrogen and oxygen atoms in total. The van der Waals surface area contributed by atoms with Crippen molar-refractivity contribution in [2.75, 3.05) is 12.0 Å². The summed E-state index contributed by atoms with van der Waals surface area (Å²) in [7, 11) is -3.27. The second-order valence-corrected chi connectivity index (χ2v) is 7.23. The Balaban J connectivity index is 4.54. The maximum absolute atomic E-state index is 12.5. The van der Waals surface area contributed by atoms with Crippen molar-refractivity contribution in [1.29, 1.82) is 0 Å². The number of esters is 1. The zero-order valence-corrected chi connectivity index (χ0v) is 13.9. The molecule has 0 radical (unpaired) electrons. The van der Waals surface area contributed by atoms with Gasteiger partial charge in [-0.15, -0.1) is 11.6 Å². The molecule has 0 heterocycles. The number of rotatable bonds is 9. The van der Waals surface area contributed by atoms with E-state index in [2.05, 4.69) is 0 Å². The Labute approximate surface area is 120 Å². The van der Waals surface area contributed by atoms with Gasteiger partial charge in [-0.05, 0) is 34.6 Å². The van der Waals surface area contributed by atoms with Crippen molar-refractivity contribution in [3.8, 4) is 0 Å². The third-order valence-corrected chi connectivity index (χ3v) is 4.49. The molecule has 0 aliphatic heterocycles. The molecule has 0 N–H and O–H groups in total. The first-order valence-electron chi connectivity index (χ1n) is 6.40. The average molecular weight is 315 g/mol. The molecule has 0 unspecified atom stereocenters. The van der Waals surface area contributed by atoms with Gasteiger partial charge in [-0.25, -0.2) is 0 Å². The van der Waals surface area contributed by atoms with E-state index in [1.54, 1.807) is 34.6 Å². The summed E-state index contributed by atoms with van der Waals surface area (Å²) in [4.78, 5) is 11.3. The number of carbonyl (C=O) groups is 1. The van der Waals surface area contributed by atoms with Crippen LogP contribution < -0.4 is 0 Å². The Morgan fingerprint density at radius 3 is 1.95 bits per heavy atom. The van der Waals surface area contributed by atoms with Crippen LogP contribution in [0.2, 0.25) is 0 Å². The molecule has 0 fully saturated rings. The Hall–Kier alpha value is -0.0900. The third-order valence-electron chi connectivity index (χ3n) is 1.85. The number of carbonyl (C=O) groups excluding carboxylic acids is 1. The molecule has 0 aromatic rings. The summed E-state index contributed by atoms with van der Waals surface area (Å²) in [6.07, 6.45) is -0.825. The average Bonchev–Trinajstić information content (AvgIpc) is 2.12. The topological polar surface area (TPSA) is 61.8 Å². The largest absolute Gasteiger partial charge is 0.462 e. The van der Waals surface area contributed by atoms with Crippen molar-refractivity contribution >= 4 is 25.2 Å². The molecule has 0 bridgehead atoms. The van der Waals surface area contributed by atoms with E-state index in [0.29, 0.717) is 0 Å². The fourth-order valence-electron chi connectivity index (χ4n) is 1.47. The fourth-order valence-corrected chi connectivity index (χ4v) is 3.83. The van der Waals surface area contributed by atoms with Crippen LogP contribution in [0, 0.1) is 0 Å². The molecule has 0 saturated heterocycles. The number of hydrogen-bond donors (Lipinski definition) is 0. The fraction of sp³-hybridized carbons (Fsp3) is 0.917. The van der Waals surface area contributed by atoms with Crippen LogP contribution in [0.25, 0.3) is 0 Å². The predicted molar refractivity (Wildman–Crippen MR) is 75.8 cm³/mol. The summed E-state index contributed by atoms with van der Waals surface area (Å²) in [6.45, 7) is 8.77. The first kappa shape index (κ1) is 18.9.